The number of nitrogens with one attached hydrogen (secondary N) is 5. The van der Waals surface area contributed by atoms with Crippen molar-refractivity contribution in [2.45, 2.75) is 96.8 Å². The molecule has 1 aliphatic rings. The lowest BCUT2D eigenvalue weighted by molar-refractivity contribution is -0.0775. The maximum absolute atomic E-state index is 13.6. The van der Waals surface area contributed by atoms with Gasteiger partial charge in [-0.25, -0.2) is 39.7 Å². The number of thiazole rings is 1. The van der Waals surface area contributed by atoms with Crippen molar-refractivity contribution in [1.29, 1.82) is 10.5 Å². The van der Waals surface area contributed by atoms with Gasteiger partial charge in [-0.15, -0.1) is 52.2 Å². The summed E-state index contributed by atoms with van der Waals surface area (Å²) < 4.78 is 92.9. The van der Waals surface area contributed by atoms with Gasteiger partial charge in [0.1, 0.15) is 51.5 Å². The number of ketones is 1. The van der Waals surface area contributed by atoms with Crippen LogP contribution in [0.4, 0.5) is 62.6 Å². The molecular weight excluding hydrogens is 1920 g/mol. The minimum atomic E-state index is -4.00. The number of carbonyl (C=O) groups excluding carboxylic acids is 2. The molecule has 139 heavy (non-hydrogen) atoms. The van der Waals surface area contributed by atoms with E-state index in [-0.39, 0.29) is 66.3 Å². The molecule has 15 aromatic rings. The monoisotopic (exact) mass is 2010 g/mol. The molecule has 718 valence electrons. The highest BCUT2D eigenvalue weighted by atomic mass is 35.5. The van der Waals surface area contributed by atoms with Crippen LogP contribution in [0, 0.1) is 36.5 Å². The molecule has 10 aromatic carbocycles. The molecule has 1 amide bonds. The number of sulfonamides is 2. The van der Waals surface area contributed by atoms with Gasteiger partial charge in [0.2, 0.25) is 31.3 Å². The van der Waals surface area contributed by atoms with Gasteiger partial charge in [-0.2, -0.15) is 34.8 Å². The lowest BCUT2D eigenvalue weighted by Crippen LogP contribution is -2.40. The molecule has 16 rings (SSSR count). The normalized spacial score (nSPS) is 12.6. The zero-order valence-electron chi connectivity index (χ0n) is 77.4. The number of H-pyrrole nitrogens is 2. The van der Waals surface area contributed by atoms with Gasteiger partial charge in [0, 0.05) is 125 Å². The Morgan fingerprint density at radius 3 is 1.86 bits per heavy atom. The molecule has 0 bridgehead atoms. The van der Waals surface area contributed by atoms with Crippen molar-refractivity contribution < 1.29 is 59.0 Å². The van der Waals surface area contributed by atoms with Gasteiger partial charge >= 0.3 is 0 Å². The molecule has 0 spiro atoms. The fourth-order valence-electron chi connectivity index (χ4n) is 14.7. The Kier molecular flexibility index (Phi) is 32.6. The number of azo groups is 4. The zero-order valence-corrected chi connectivity index (χ0v) is 83.0. The molecule has 38 nitrogen and oxygen atoms in total. The number of halogens is 2. The number of benzene rings is 10. The number of phenolic OH excluding ortho intramolecular Hbond substituents is 2. The molecule has 0 atom stereocenters. The second-order valence-electron chi connectivity index (χ2n) is 32.3. The summed E-state index contributed by atoms with van der Waals surface area (Å²) in [7, 11) is -7.64. The number of fused-ring (bicyclic) bond motifs is 4. The Morgan fingerprint density at radius 1 is 0.655 bits per heavy atom. The zero-order chi connectivity index (χ0) is 100.0. The van der Waals surface area contributed by atoms with Crippen LogP contribution in [-0.4, -0.2) is 167 Å². The number of nitrogens with two attached hydrogens (primary N) is 1. The number of aromatic amines is 2. The van der Waals surface area contributed by atoms with Crippen LogP contribution in [0.15, 0.2) is 227 Å². The summed E-state index contributed by atoms with van der Waals surface area (Å²) in [6.45, 7) is 19.4. The molecule has 0 radical (unpaired) electrons. The number of phenols is 2. The van der Waals surface area contributed by atoms with E-state index in [0.717, 1.165) is 35.0 Å². The maximum atomic E-state index is 13.6. The molecule has 45 heteroatoms. The number of nitrogens with zero attached hydrogens (tertiary/aromatic N) is 19. The predicted molar refractivity (Wildman–Crippen MR) is 538 cm³/mol. The van der Waals surface area contributed by atoms with Crippen molar-refractivity contribution in [3.05, 3.63) is 230 Å². The molecular formula is C94H95Cl2N25O13S5. The Hall–Kier alpha value is -14.4. The van der Waals surface area contributed by atoms with Crippen LogP contribution < -0.4 is 25.4 Å². The largest absolute Gasteiger partial charge is 0.506 e. The number of sulfone groups is 1. The van der Waals surface area contributed by atoms with E-state index in [1.54, 1.807) is 146 Å². The lowest BCUT2D eigenvalue weighted by Gasteiger charge is -2.27. The van der Waals surface area contributed by atoms with Gasteiger partial charge < -0.3 is 35.4 Å². The number of carbonyl (C=O) groups is 2. The van der Waals surface area contributed by atoms with Crippen molar-refractivity contribution in [3.63, 3.8) is 0 Å². The third-order valence-corrected chi connectivity index (χ3v) is 27.0. The van der Waals surface area contributed by atoms with Crippen molar-refractivity contribution in [1.82, 2.24) is 53.8 Å². The highest BCUT2D eigenvalue weighted by molar-refractivity contribution is 7.92. The molecule has 5 aromatic heterocycles. The minimum absolute atomic E-state index is 0.0372. The van der Waals surface area contributed by atoms with Crippen LogP contribution in [0.3, 0.4) is 0 Å². The van der Waals surface area contributed by atoms with Crippen LogP contribution in [0.2, 0.25) is 10.0 Å². The fourth-order valence-corrected chi connectivity index (χ4v) is 19.1. The molecule has 1 aliphatic heterocycles. The first-order valence-corrected chi connectivity index (χ1v) is 50.6. The quantitative estimate of drug-likeness (QED) is 0.00564. The van der Waals surface area contributed by atoms with Gasteiger partial charge in [0.05, 0.1) is 96.5 Å². The number of rotatable bonds is 28. The summed E-state index contributed by atoms with van der Waals surface area (Å²) >= 11 is 13.8. The first-order valence-electron chi connectivity index (χ1n) is 43.0. The van der Waals surface area contributed by atoms with Gasteiger partial charge in [0.25, 0.3) is 5.91 Å². The Morgan fingerprint density at radius 2 is 1.26 bits per heavy atom. The molecule has 6 heterocycles. The third-order valence-electron chi connectivity index (χ3n) is 21.3. The van der Waals surface area contributed by atoms with E-state index in [1.807, 2.05) is 103 Å². The number of hydrogen-bond donors (Lipinski definition) is 8. The number of morpholine rings is 1. The third kappa shape index (κ3) is 23.7. The number of hydrogen-bond acceptors (Lipinski definition) is 33. The van der Waals surface area contributed by atoms with E-state index in [4.69, 9.17) is 43.2 Å². The van der Waals surface area contributed by atoms with E-state index < -0.39 is 35.3 Å². The average Bonchev–Trinajstić information content (AvgIpc) is 1.59. The topological polar surface area (TPSA) is 525 Å². The number of nitriles is 2. The molecule has 0 unspecified atom stereocenters. The summed E-state index contributed by atoms with van der Waals surface area (Å²) in [5, 5.41) is 110. The van der Waals surface area contributed by atoms with Gasteiger partial charge in [-0.3, -0.25) is 29.6 Å². The highest BCUT2D eigenvalue weighted by Gasteiger charge is 2.32. The summed E-state index contributed by atoms with van der Waals surface area (Å²) in [4.78, 5) is 41.1. The summed E-state index contributed by atoms with van der Waals surface area (Å²) in [5.74, 6) is 0.471. The number of aromatic hydroxyl groups is 2. The van der Waals surface area contributed by atoms with Gasteiger partial charge in [-0.1, -0.05) is 124 Å². The maximum Gasteiger partial charge on any atom is 0.257 e. The van der Waals surface area contributed by atoms with Crippen LogP contribution in [0.1, 0.15) is 115 Å². The summed E-state index contributed by atoms with van der Waals surface area (Å²) in [6, 6.07) is 53.6. The Bertz CT molecular complexity index is 7730. The predicted octanol–water partition coefficient (Wildman–Crippen LogP) is 22.0. The second-order valence-corrected chi connectivity index (χ2v) is 40.1. The molecule has 9 N–H and O–H groups in total. The Labute approximate surface area is 818 Å². The number of aromatic nitrogens is 9. The molecule has 0 aliphatic carbocycles. The van der Waals surface area contributed by atoms with Crippen molar-refractivity contribution in [3.8, 4) is 62.7 Å². The van der Waals surface area contributed by atoms with E-state index in [9.17, 15) is 50.3 Å². The van der Waals surface area contributed by atoms with Crippen molar-refractivity contribution in [2.24, 2.45) is 46.1 Å². The van der Waals surface area contributed by atoms with Crippen molar-refractivity contribution >= 4 is 184 Å². The second kappa shape index (κ2) is 44.4. The first kappa shape index (κ1) is 102. The van der Waals surface area contributed by atoms with Gasteiger partial charge in [0.15, 0.2) is 44.4 Å². The summed E-state index contributed by atoms with van der Waals surface area (Å²) in [6.07, 6.45) is 4.15. The van der Waals surface area contributed by atoms with Crippen molar-refractivity contribution in [2.75, 3.05) is 81.4 Å². The number of ether oxygens (including phenoxy) is 1. The minimum Gasteiger partial charge on any atom is -0.506 e. The van der Waals surface area contributed by atoms with E-state index in [1.165, 1.54) is 45.4 Å². The number of amides is 1. The standard InChI is InChI=1S/C28H30N8O5S3.C23H28ClN5O5S2.C22H21ClN4O3.C21H16N8/c1-15-23(16(2)37)42-27(29-15)18-10-13-20(21(14-18)43(6,38)39)31-32-22-24(28(3,4)5)33-36-26(22)30-25(34-36)17-8-11-19(12-9-17)35-44(7,40)41;1-4-11-29(12-5-2)36(31,32)21-14-19(22-16(23(21)30)7-6-8-18(22)26-3)28-27-15-9-10-17(24)20(13-15)33-34-35-25;1-24-18-4-2-3-16-20(18)19(26-25-15-7-5-14(23)6-8-15)13-17(21(16)28)22(29)27-9-11-30-12-10-27;1-3-17-19(25-24-18-10-16(12-23)15(11-22)9-13(18)2)21-27-26-20(29(21)28-17)14-7-5-4-6-8-14/h8-14,33,35H,1-7H3;6-10,13-14,26,30H,4-5,11-12,25H2,1-3H3;2-8,13,24,28H,9-12H2,1H3;4-10,28H,3H2,1-2H3. The smallest absolute Gasteiger partial charge is 0.257 e. The SMILES string of the molecule is CC(=O)c1sc(-c2ccc(N=Nc3c(C(C)(C)C)[nH]n4nc(-c5ccc(NS(C)(=O)=O)cc5)nc34)c(S(C)(=O)=O)c2)nc1C.CCCN(CCC)S(=O)(=O)c1cc(N=Nc2ccc(Cl)c(OOSN)c2)c2c(NC)cccc2c1O.CCc1[nH]n2c(-c3ccccc3)nnc2c1N=Nc1cc(C#N)c(C#N)cc1C.CNc1cccc2c(O)c(C(=O)N3CCOCC3)cc(N=Nc3ccc(Cl)cc3)c12. The molecule has 1 saturated heterocycles. The number of anilines is 3. The van der Waals surface area contributed by atoms with E-state index in [2.05, 4.69) is 96.1 Å². The van der Waals surface area contributed by atoms with E-state index >= 15 is 0 Å². The van der Waals surface area contributed by atoms with Gasteiger partial charge in [-0.05, 0) is 154 Å². The summed E-state index contributed by atoms with van der Waals surface area (Å²) in [5.41, 5.74) is 11.6. The first-order chi connectivity index (χ1) is 66.4. The average molecular weight is 2010 g/mol. The van der Waals surface area contributed by atoms with Crippen LogP contribution in [0.25, 0.3) is 66.2 Å². The molecule has 1 fully saturated rings. The highest BCUT2D eigenvalue weighted by Crippen LogP contribution is 2.47. The number of aryl methyl sites for hydroxylation is 3. The molecule has 0 saturated carbocycles. The number of Topliss-reactive ketones (excluding diaryl/α,β-unsaturated/α-hetero) is 1. The fraction of sp³-hybridized carbons (Fsp3) is 0.245. The Balaban J connectivity index is 0.000000158. The van der Waals surface area contributed by atoms with Crippen LogP contribution in [0.5, 0.6) is 17.2 Å². The van der Waals surface area contributed by atoms with E-state index in [0.29, 0.717) is 204 Å². The van der Waals surface area contributed by atoms with Crippen LogP contribution in [-0.2, 0) is 50.8 Å². The van der Waals surface area contributed by atoms with Crippen LogP contribution >= 0.6 is 46.8 Å². The lowest BCUT2D eigenvalue weighted by atomic mass is 9.91.